The minimum Gasteiger partial charge on any atom is -0.360 e. The third kappa shape index (κ3) is 3.85. The van der Waals surface area contributed by atoms with Gasteiger partial charge >= 0.3 is 0 Å². The molecule has 1 aromatic rings. The van der Waals surface area contributed by atoms with Gasteiger partial charge in [-0.15, -0.1) is 0 Å². The molecule has 5 heteroatoms. The van der Waals surface area contributed by atoms with Crippen LogP contribution in [0.1, 0.15) is 18.4 Å². The molecule has 0 saturated heterocycles. The van der Waals surface area contributed by atoms with Crippen LogP contribution in [-0.4, -0.2) is 35.2 Å². The van der Waals surface area contributed by atoms with Gasteiger partial charge in [0.25, 0.3) is 0 Å². The number of nitrogens with zero attached hydrogens (tertiary/aromatic N) is 2. The molecule has 0 aliphatic carbocycles. The fourth-order valence-corrected chi connectivity index (χ4v) is 2.03. The fraction of sp³-hybridized carbons (Fsp3) is 0.700. The second-order valence-electron chi connectivity index (χ2n) is 3.71. The van der Waals surface area contributed by atoms with Crippen molar-refractivity contribution in [2.24, 2.45) is 5.73 Å². The predicted molar refractivity (Wildman–Crippen MR) is 63.7 cm³/mol. The van der Waals surface area contributed by atoms with Gasteiger partial charge in [-0.1, -0.05) is 5.16 Å². The van der Waals surface area contributed by atoms with Crippen molar-refractivity contribution in [3.05, 3.63) is 17.5 Å². The van der Waals surface area contributed by atoms with Crippen LogP contribution in [0.15, 0.2) is 10.6 Å². The van der Waals surface area contributed by atoms with E-state index in [1.54, 1.807) is 0 Å². The first-order chi connectivity index (χ1) is 7.17. The Bertz CT molecular complexity index is 290. The summed E-state index contributed by atoms with van der Waals surface area (Å²) in [4.78, 5) is 2.25. The smallest absolute Gasteiger partial charge is 0.151 e. The monoisotopic (exact) mass is 229 g/mol. The molecule has 0 bridgehead atoms. The number of nitrogens with two attached hydrogens (primary N) is 1. The number of rotatable bonds is 6. The topological polar surface area (TPSA) is 55.3 Å². The molecule has 0 amide bonds. The van der Waals surface area contributed by atoms with E-state index in [1.807, 2.05) is 17.8 Å². The highest BCUT2D eigenvalue weighted by Crippen LogP contribution is 2.10. The molecule has 0 aromatic carbocycles. The molecule has 0 saturated carbocycles. The molecule has 1 aromatic heterocycles. The molecule has 1 unspecified atom stereocenters. The summed E-state index contributed by atoms with van der Waals surface area (Å²) in [6.07, 6.45) is 2.12. The summed E-state index contributed by atoms with van der Waals surface area (Å²) in [6, 6.07) is 2.45. The van der Waals surface area contributed by atoms with Crippen molar-refractivity contribution < 1.29 is 4.52 Å². The van der Waals surface area contributed by atoms with Gasteiger partial charge in [-0.3, -0.25) is 4.90 Å². The molecule has 0 fully saturated rings. The highest BCUT2D eigenvalue weighted by molar-refractivity contribution is 7.98. The maximum atomic E-state index is 5.46. The van der Waals surface area contributed by atoms with E-state index in [2.05, 4.69) is 30.3 Å². The molecular formula is C10H19N3OS. The van der Waals surface area contributed by atoms with Crippen LogP contribution in [0.3, 0.4) is 0 Å². The predicted octanol–water partition coefficient (Wildman–Crippen LogP) is 1.32. The van der Waals surface area contributed by atoms with Crippen molar-refractivity contribution in [3.63, 3.8) is 0 Å². The zero-order chi connectivity index (χ0) is 11.3. The Labute approximate surface area is 95.2 Å². The van der Waals surface area contributed by atoms with Crippen molar-refractivity contribution >= 4 is 11.8 Å². The number of thioether (sulfide) groups is 1. The van der Waals surface area contributed by atoms with E-state index in [0.717, 1.165) is 23.8 Å². The Hall–Kier alpha value is -0.520. The second kappa shape index (κ2) is 6.15. The Balaban J connectivity index is 2.46. The first-order valence-corrected chi connectivity index (χ1v) is 6.40. The van der Waals surface area contributed by atoms with E-state index < -0.39 is 0 Å². The maximum absolute atomic E-state index is 5.46. The molecule has 1 rings (SSSR count). The third-order valence-electron chi connectivity index (χ3n) is 2.38. The highest BCUT2D eigenvalue weighted by atomic mass is 32.2. The number of aromatic nitrogens is 1. The van der Waals surface area contributed by atoms with Crippen LogP contribution in [0.2, 0.25) is 0 Å². The zero-order valence-electron chi connectivity index (χ0n) is 9.56. The van der Waals surface area contributed by atoms with Gasteiger partial charge in [0.2, 0.25) is 0 Å². The van der Waals surface area contributed by atoms with Crippen LogP contribution in [0, 0.1) is 0 Å². The Morgan fingerprint density at radius 2 is 2.40 bits per heavy atom. The largest absolute Gasteiger partial charge is 0.360 e. The van der Waals surface area contributed by atoms with E-state index >= 15 is 0 Å². The van der Waals surface area contributed by atoms with Crippen molar-refractivity contribution in [2.45, 2.75) is 26.1 Å². The molecule has 0 aliphatic heterocycles. The van der Waals surface area contributed by atoms with Gasteiger partial charge in [-0.2, -0.15) is 11.8 Å². The van der Waals surface area contributed by atoms with E-state index in [-0.39, 0.29) is 0 Å². The summed E-state index contributed by atoms with van der Waals surface area (Å²) in [6.45, 7) is 3.43. The highest BCUT2D eigenvalue weighted by Gasteiger charge is 2.11. The average molecular weight is 229 g/mol. The molecule has 1 atom stereocenters. The summed E-state index contributed by atoms with van der Waals surface area (Å²) in [5.41, 5.74) is 6.28. The van der Waals surface area contributed by atoms with E-state index in [9.17, 15) is 0 Å². The molecule has 4 nitrogen and oxygen atoms in total. The fourth-order valence-electron chi connectivity index (χ4n) is 1.30. The summed E-state index contributed by atoms with van der Waals surface area (Å²) in [7, 11) is 2.09. The van der Waals surface area contributed by atoms with E-state index in [1.165, 1.54) is 0 Å². The first-order valence-electron chi connectivity index (χ1n) is 5.01. The van der Waals surface area contributed by atoms with E-state index in [4.69, 9.17) is 10.3 Å². The van der Waals surface area contributed by atoms with Gasteiger partial charge in [0, 0.05) is 24.4 Å². The SMILES string of the molecule is CSCC(C)N(C)Cc1cc(CN)no1. The Morgan fingerprint density at radius 3 is 2.93 bits per heavy atom. The molecule has 2 N–H and O–H groups in total. The second-order valence-corrected chi connectivity index (χ2v) is 4.62. The van der Waals surface area contributed by atoms with Crippen molar-refractivity contribution in [1.29, 1.82) is 0 Å². The van der Waals surface area contributed by atoms with Crippen molar-refractivity contribution in [3.8, 4) is 0 Å². The van der Waals surface area contributed by atoms with Gasteiger partial charge in [0.1, 0.15) is 0 Å². The maximum Gasteiger partial charge on any atom is 0.151 e. The van der Waals surface area contributed by atoms with Crippen LogP contribution in [0.4, 0.5) is 0 Å². The standard InChI is InChI=1S/C10H19N3OS/c1-8(7-15-3)13(2)6-10-4-9(5-11)12-14-10/h4,8H,5-7,11H2,1-3H3. The van der Waals surface area contributed by atoms with Crippen LogP contribution < -0.4 is 5.73 Å². The van der Waals surface area contributed by atoms with Crippen LogP contribution in [0.25, 0.3) is 0 Å². The van der Waals surface area contributed by atoms with E-state index in [0.29, 0.717) is 12.6 Å². The van der Waals surface area contributed by atoms with Crippen LogP contribution in [-0.2, 0) is 13.1 Å². The number of hydrogen-bond acceptors (Lipinski definition) is 5. The van der Waals surface area contributed by atoms with Crippen molar-refractivity contribution in [2.75, 3.05) is 19.1 Å². The minimum absolute atomic E-state index is 0.438. The van der Waals surface area contributed by atoms with Gasteiger partial charge in [-0.25, -0.2) is 0 Å². The molecule has 1 heterocycles. The summed E-state index contributed by atoms with van der Waals surface area (Å²) >= 11 is 1.85. The zero-order valence-corrected chi connectivity index (χ0v) is 10.4. The van der Waals surface area contributed by atoms with Gasteiger partial charge < -0.3 is 10.3 Å². The molecule has 86 valence electrons. The van der Waals surface area contributed by atoms with Crippen LogP contribution in [0.5, 0.6) is 0 Å². The lowest BCUT2D eigenvalue weighted by Gasteiger charge is -2.22. The third-order valence-corrected chi connectivity index (χ3v) is 3.20. The summed E-state index contributed by atoms with van der Waals surface area (Å²) < 4.78 is 5.18. The summed E-state index contributed by atoms with van der Waals surface area (Å²) in [5.74, 6) is 2.00. The van der Waals surface area contributed by atoms with Gasteiger partial charge in [0.05, 0.1) is 12.2 Å². The molecule has 0 radical (unpaired) electrons. The molecule has 0 spiro atoms. The normalized spacial score (nSPS) is 13.4. The number of hydrogen-bond donors (Lipinski definition) is 1. The van der Waals surface area contributed by atoms with Crippen LogP contribution >= 0.6 is 11.8 Å². The minimum atomic E-state index is 0.438. The Kier molecular flexibility index (Phi) is 5.14. The Morgan fingerprint density at radius 1 is 1.67 bits per heavy atom. The quantitative estimate of drug-likeness (QED) is 0.797. The molecular weight excluding hydrogens is 210 g/mol. The molecule has 15 heavy (non-hydrogen) atoms. The molecule has 0 aliphatic rings. The van der Waals surface area contributed by atoms with Gasteiger partial charge in [-0.05, 0) is 20.2 Å². The lowest BCUT2D eigenvalue weighted by atomic mass is 10.3. The summed E-state index contributed by atoms with van der Waals surface area (Å²) in [5, 5.41) is 3.86. The first kappa shape index (κ1) is 12.5. The van der Waals surface area contributed by atoms with Gasteiger partial charge in [0.15, 0.2) is 5.76 Å². The average Bonchev–Trinajstić information content (AvgIpc) is 2.66. The van der Waals surface area contributed by atoms with Crippen molar-refractivity contribution in [1.82, 2.24) is 10.1 Å². The lowest BCUT2D eigenvalue weighted by molar-refractivity contribution is 0.233. The lowest BCUT2D eigenvalue weighted by Crippen LogP contribution is -2.30.